The first-order valence-electron chi connectivity index (χ1n) is 10.5. The molecule has 11 nitrogen and oxygen atoms in total. The molecule has 3 aromatic heterocycles. The lowest BCUT2D eigenvalue weighted by Gasteiger charge is -2.38. The number of hydrogen-bond donors (Lipinski definition) is 3. The van der Waals surface area contributed by atoms with E-state index in [4.69, 9.17) is 16.3 Å². The highest BCUT2D eigenvalue weighted by Crippen LogP contribution is 2.34. The number of amides is 1. The van der Waals surface area contributed by atoms with Crippen molar-refractivity contribution >= 4 is 55.9 Å². The van der Waals surface area contributed by atoms with E-state index in [1.165, 1.54) is 11.0 Å². The normalized spacial score (nSPS) is 18.3. The second-order valence-corrected chi connectivity index (χ2v) is 9.93. The van der Waals surface area contributed by atoms with Gasteiger partial charge in [0.15, 0.2) is 5.13 Å². The van der Waals surface area contributed by atoms with E-state index >= 15 is 0 Å². The Balaban J connectivity index is 1.53. The SMILES string of the molecule is CCOC1CN(c2nc(-c3ncn(C)n3)c(C(=O)O)s2)CCC1NC(=O)c1[nH]c(C)c(Cl)c1Br. The number of thiazole rings is 1. The number of carbonyl (C=O) groups excluding carboxylic acids is 1. The molecule has 182 valence electrons. The van der Waals surface area contributed by atoms with Crippen LogP contribution in [0.1, 0.15) is 39.2 Å². The summed E-state index contributed by atoms with van der Waals surface area (Å²) in [7, 11) is 1.71. The molecular weight excluding hydrogens is 550 g/mol. The van der Waals surface area contributed by atoms with E-state index in [0.29, 0.717) is 52.1 Å². The van der Waals surface area contributed by atoms with Gasteiger partial charge in [0.2, 0.25) is 5.82 Å². The van der Waals surface area contributed by atoms with Crippen molar-refractivity contribution in [1.82, 2.24) is 30.0 Å². The van der Waals surface area contributed by atoms with Crippen LogP contribution in [0.2, 0.25) is 5.02 Å². The van der Waals surface area contributed by atoms with Crippen LogP contribution in [0.15, 0.2) is 10.8 Å². The number of piperidine rings is 1. The van der Waals surface area contributed by atoms with E-state index in [1.807, 2.05) is 11.8 Å². The summed E-state index contributed by atoms with van der Waals surface area (Å²) in [6.45, 7) is 5.14. The van der Waals surface area contributed by atoms with E-state index in [-0.39, 0.29) is 34.4 Å². The first-order valence-corrected chi connectivity index (χ1v) is 12.5. The van der Waals surface area contributed by atoms with Crippen molar-refractivity contribution in [2.24, 2.45) is 7.05 Å². The molecule has 4 rings (SSSR count). The zero-order valence-electron chi connectivity index (χ0n) is 18.6. The summed E-state index contributed by atoms with van der Waals surface area (Å²) in [6, 6.07) is -0.242. The Morgan fingerprint density at radius 2 is 2.24 bits per heavy atom. The van der Waals surface area contributed by atoms with Crippen LogP contribution in [-0.4, -0.2) is 73.6 Å². The molecule has 1 aliphatic heterocycles. The van der Waals surface area contributed by atoms with Gasteiger partial charge in [0.1, 0.15) is 22.6 Å². The summed E-state index contributed by atoms with van der Waals surface area (Å²) in [5.41, 5.74) is 1.30. The molecular formula is C20H23BrClN7O4S. The van der Waals surface area contributed by atoms with Crippen LogP contribution in [0.3, 0.4) is 0 Å². The molecule has 4 heterocycles. The molecule has 0 bridgehead atoms. The van der Waals surface area contributed by atoms with Crippen LogP contribution in [0.25, 0.3) is 11.5 Å². The van der Waals surface area contributed by atoms with Crippen LogP contribution < -0.4 is 10.2 Å². The van der Waals surface area contributed by atoms with Crippen molar-refractivity contribution in [2.75, 3.05) is 24.6 Å². The van der Waals surface area contributed by atoms with Gasteiger partial charge in [-0.3, -0.25) is 9.48 Å². The van der Waals surface area contributed by atoms with E-state index in [9.17, 15) is 14.7 Å². The second kappa shape index (κ2) is 10.0. The number of H-pyrrole nitrogens is 1. The predicted octanol–water partition coefficient (Wildman–Crippen LogP) is 3.10. The third-order valence-electron chi connectivity index (χ3n) is 5.43. The van der Waals surface area contributed by atoms with Crippen molar-refractivity contribution < 1.29 is 19.4 Å². The Labute approximate surface area is 212 Å². The smallest absolute Gasteiger partial charge is 0.348 e. The molecule has 34 heavy (non-hydrogen) atoms. The van der Waals surface area contributed by atoms with Gasteiger partial charge in [0.05, 0.1) is 21.6 Å². The van der Waals surface area contributed by atoms with E-state index < -0.39 is 5.97 Å². The molecule has 2 atom stereocenters. The third kappa shape index (κ3) is 4.83. The number of rotatable bonds is 7. The molecule has 3 N–H and O–H groups in total. The molecule has 3 aromatic rings. The van der Waals surface area contributed by atoms with Crippen LogP contribution >= 0.6 is 38.9 Å². The number of nitrogens with one attached hydrogen (secondary N) is 2. The Morgan fingerprint density at radius 1 is 1.47 bits per heavy atom. The number of aromatic nitrogens is 5. The fourth-order valence-electron chi connectivity index (χ4n) is 3.80. The van der Waals surface area contributed by atoms with Crippen molar-refractivity contribution in [2.45, 2.75) is 32.4 Å². The van der Waals surface area contributed by atoms with Gasteiger partial charge in [-0.05, 0) is 36.2 Å². The Bertz CT molecular complexity index is 1230. The first kappa shape index (κ1) is 24.6. The lowest BCUT2D eigenvalue weighted by molar-refractivity contribution is 0.0272. The van der Waals surface area contributed by atoms with E-state index in [0.717, 1.165) is 11.3 Å². The Kier molecular flexibility index (Phi) is 7.26. The number of anilines is 1. The lowest BCUT2D eigenvalue weighted by Crippen LogP contribution is -2.55. The number of aromatic carboxylic acids is 1. The molecule has 1 aliphatic rings. The van der Waals surface area contributed by atoms with Gasteiger partial charge in [-0.25, -0.2) is 14.8 Å². The monoisotopic (exact) mass is 571 g/mol. The molecule has 0 saturated carbocycles. The second-order valence-electron chi connectivity index (χ2n) is 7.78. The number of carboxylic acid groups (broad SMARTS) is 1. The van der Waals surface area contributed by atoms with E-state index in [1.54, 1.807) is 14.0 Å². The number of ether oxygens (including phenoxy) is 1. The fourth-order valence-corrected chi connectivity index (χ4v) is 5.45. The molecule has 0 aliphatic carbocycles. The standard InChI is InChI=1S/C20H23BrClN7O4S/c1-4-33-11-7-29(6-5-10(11)25-18(30)14-12(21)13(22)9(2)24-14)20-26-15(16(34-20)19(31)32)17-23-8-28(3)27-17/h8,10-11,24H,4-7H2,1-3H3,(H,25,30)(H,31,32). The number of nitrogens with zero attached hydrogens (tertiary/aromatic N) is 5. The summed E-state index contributed by atoms with van der Waals surface area (Å²) in [6.07, 6.45) is 1.76. The van der Waals surface area contributed by atoms with Crippen molar-refractivity contribution in [3.63, 3.8) is 0 Å². The lowest BCUT2D eigenvalue weighted by atomic mass is 10.0. The number of halogens is 2. The van der Waals surface area contributed by atoms with Crippen LogP contribution in [0.5, 0.6) is 0 Å². The maximum atomic E-state index is 12.9. The minimum atomic E-state index is -1.08. The average molecular weight is 573 g/mol. The van der Waals surface area contributed by atoms with Crippen molar-refractivity contribution in [1.29, 1.82) is 0 Å². The van der Waals surface area contributed by atoms with Crippen LogP contribution in [0.4, 0.5) is 5.13 Å². The summed E-state index contributed by atoms with van der Waals surface area (Å²) in [5.74, 6) is -1.10. The molecule has 1 amide bonds. The van der Waals surface area contributed by atoms with Gasteiger partial charge >= 0.3 is 5.97 Å². The maximum absolute atomic E-state index is 12.9. The van der Waals surface area contributed by atoms with E-state index in [2.05, 4.69) is 41.3 Å². The maximum Gasteiger partial charge on any atom is 0.348 e. The average Bonchev–Trinajstić information content (AvgIpc) is 3.49. The number of hydrogen-bond acceptors (Lipinski definition) is 8. The largest absolute Gasteiger partial charge is 0.477 e. The molecule has 1 saturated heterocycles. The zero-order valence-corrected chi connectivity index (χ0v) is 21.8. The minimum absolute atomic E-state index is 0.0772. The molecule has 0 spiro atoms. The quantitative estimate of drug-likeness (QED) is 0.393. The predicted molar refractivity (Wildman–Crippen MR) is 131 cm³/mol. The first-order chi connectivity index (χ1) is 16.2. The molecule has 2 unspecified atom stereocenters. The van der Waals surface area contributed by atoms with Crippen molar-refractivity contribution in [3.8, 4) is 11.5 Å². The highest BCUT2D eigenvalue weighted by Gasteiger charge is 2.34. The number of aromatic amines is 1. The Hall–Kier alpha value is -2.48. The topological polar surface area (TPSA) is 138 Å². The van der Waals surface area contributed by atoms with Gasteiger partial charge in [-0.1, -0.05) is 22.9 Å². The van der Waals surface area contributed by atoms with Gasteiger partial charge in [-0.2, -0.15) is 0 Å². The van der Waals surface area contributed by atoms with Crippen molar-refractivity contribution in [3.05, 3.63) is 32.1 Å². The van der Waals surface area contributed by atoms with Gasteiger partial charge in [0, 0.05) is 32.4 Å². The highest BCUT2D eigenvalue weighted by atomic mass is 79.9. The molecule has 0 aromatic carbocycles. The molecule has 0 radical (unpaired) electrons. The van der Waals surface area contributed by atoms with Gasteiger partial charge in [-0.15, -0.1) is 5.10 Å². The third-order valence-corrected chi connectivity index (χ3v) is 8.03. The molecule has 14 heteroatoms. The van der Waals surface area contributed by atoms with Crippen LogP contribution in [0, 0.1) is 6.92 Å². The summed E-state index contributed by atoms with van der Waals surface area (Å²) in [5, 5.41) is 17.9. The van der Waals surface area contributed by atoms with Gasteiger partial charge < -0.3 is 25.0 Å². The number of aryl methyl sites for hydroxylation is 2. The highest BCUT2D eigenvalue weighted by molar-refractivity contribution is 9.10. The number of carboxylic acids is 1. The summed E-state index contributed by atoms with van der Waals surface area (Å²) < 4.78 is 7.96. The fraction of sp³-hybridized carbons (Fsp3) is 0.450. The van der Waals surface area contributed by atoms with Gasteiger partial charge in [0.25, 0.3) is 5.91 Å². The summed E-state index contributed by atoms with van der Waals surface area (Å²) in [4.78, 5) is 38.5. The number of carbonyl (C=O) groups is 2. The zero-order chi connectivity index (χ0) is 24.6. The Morgan fingerprint density at radius 3 is 2.82 bits per heavy atom. The summed E-state index contributed by atoms with van der Waals surface area (Å²) >= 11 is 10.6. The van der Waals surface area contributed by atoms with Crippen LogP contribution in [-0.2, 0) is 11.8 Å². The molecule has 1 fully saturated rings. The minimum Gasteiger partial charge on any atom is -0.477 e.